The van der Waals surface area contributed by atoms with Crippen LogP contribution >= 0.6 is 15.9 Å². The molecule has 100 valence electrons. The van der Waals surface area contributed by atoms with Crippen LogP contribution in [0.25, 0.3) is 0 Å². The number of aromatic amines is 1. The standard InChI is InChI=1S/C13H14BrN3O2/c1-19-10-4-2-3-9(7-10)5-6-15-12-11(14)13(18)17-8-16-12/h2-4,7-8H,5-6H2,1H3,(H2,15,16,17,18). The second kappa shape index (κ2) is 6.38. The van der Waals surface area contributed by atoms with Crippen molar-refractivity contribution >= 4 is 21.7 Å². The second-order valence-electron chi connectivity index (χ2n) is 3.92. The van der Waals surface area contributed by atoms with Gasteiger partial charge in [-0.2, -0.15) is 0 Å². The smallest absolute Gasteiger partial charge is 0.267 e. The van der Waals surface area contributed by atoms with Gasteiger partial charge in [0.25, 0.3) is 5.56 Å². The fraction of sp³-hybridized carbons (Fsp3) is 0.231. The lowest BCUT2D eigenvalue weighted by molar-refractivity contribution is 0.414. The van der Waals surface area contributed by atoms with Gasteiger partial charge in [-0.25, -0.2) is 4.98 Å². The maximum atomic E-state index is 11.4. The highest BCUT2D eigenvalue weighted by molar-refractivity contribution is 9.10. The summed E-state index contributed by atoms with van der Waals surface area (Å²) >= 11 is 3.20. The first-order valence-electron chi connectivity index (χ1n) is 5.80. The van der Waals surface area contributed by atoms with E-state index < -0.39 is 0 Å². The van der Waals surface area contributed by atoms with Crippen LogP contribution in [0.3, 0.4) is 0 Å². The van der Waals surface area contributed by atoms with Crippen LogP contribution in [0.5, 0.6) is 5.75 Å². The molecule has 0 atom stereocenters. The first kappa shape index (κ1) is 13.6. The normalized spacial score (nSPS) is 10.2. The minimum atomic E-state index is -0.195. The molecule has 0 unspecified atom stereocenters. The summed E-state index contributed by atoms with van der Waals surface area (Å²) in [5, 5.41) is 3.12. The van der Waals surface area contributed by atoms with Gasteiger partial charge in [0, 0.05) is 6.54 Å². The molecule has 6 heteroatoms. The molecule has 2 rings (SSSR count). The second-order valence-corrected chi connectivity index (χ2v) is 4.72. The summed E-state index contributed by atoms with van der Waals surface area (Å²) < 4.78 is 5.59. The van der Waals surface area contributed by atoms with Gasteiger partial charge >= 0.3 is 0 Å². The number of benzene rings is 1. The van der Waals surface area contributed by atoms with Crippen molar-refractivity contribution in [2.24, 2.45) is 0 Å². The third-order valence-electron chi connectivity index (χ3n) is 2.64. The SMILES string of the molecule is COc1cccc(CCNc2nc[nH]c(=O)c2Br)c1. The van der Waals surface area contributed by atoms with E-state index in [0.29, 0.717) is 16.8 Å². The lowest BCUT2D eigenvalue weighted by Gasteiger charge is -2.07. The zero-order valence-electron chi connectivity index (χ0n) is 10.4. The molecule has 0 aliphatic carbocycles. The Hall–Kier alpha value is -1.82. The number of rotatable bonds is 5. The largest absolute Gasteiger partial charge is 0.497 e. The number of anilines is 1. The topological polar surface area (TPSA) is 67.0 Å². The van der Waals surface area contributed by atoms with Crippen molar-refractivity contribution in [3.05, 3.63) is 51.0 Å². The molecule has 0 saturated heterocycles. The van der Waals surface area contributed by atoms with E-state index in [1.807, 2.05) is 24.3 Å². The first-order valence-corrected chi connectivity index (χ1v) is 6.60. The molecule has 19 heavy (non-hydrogen) atoms. The van der Waals surface area contributed by atoms with Gasteiger partial charge < -0.3 is 15.0 Å². The lowest BCUT2D eigenvalue weighted by Crippen LogP contribution is -2.13. The summed E-state index contributed by atoms with van der Waals surface area (Å²) in [7, 11) is 1.65. The molecule has 2 aromatic rings. The molecule has 0 saturated carbocycles. The molecule has 1 aromatic carbocycles. The van der Waals surface area contributed by atoms with E-state index in [1.165, 1.54) is 6.33 Å². The zero-order chi connectivity index (χ0) is 13.7. The number of nitrogens with zero attached hydrogens (tertiary/aromatic N) is 1. The van der Waals surface area contributed by atoms with Gasteiger partial charge in [-0.05, 0) is 40.0 Å². The Morgan fingerprint density at radius 3 is 3.11 bits per heavy atom. The third-order valence-corrected chi connectivity index (χ3v) is 3.37. The quantitative estimate of drug-likeness (QED) is 0.885. The summed E-state index contributed by atoms with van der Waals surface area (Å²) in [6, 6.07) is 7.88. The summed E-state index contributed by atoms with van der Waals surface area (Å²) in [5.41, 5.74) is 0.965. The third kappa shape index (κ3) is 3.57. The van der Waals surface area contributed by atoms with E-state index in [2.05, 4.69) is 31.2 Å². The molecule has 5 nitrogen and oxygen atoms in total. The fourth-order valence-electron chi connectivity index (χ4n) is 1.66. The van der Waals surface area contributed by atoms with Crippen molar-refractivity contribution in [3.63, 3.8) is 0 Å². The maximum absolute atomic E-state index is 11.4. The van der Waals surface area contributed by atoms with Gasteiger partial charge in [-0.3, -0.25) is 4.79 Å². The van der Waals surface area contributed by atoms with Crippen molar-refractivity contribution in [1.82, 2.24) is 9.97 Å². The fourth-order valence-corrected chi connectivity index (χ4v) is 2.02. The van der Waals surface area contributed by atoms with Gasteiger partial charge in [0.05, 0.1) is 13.4 Å². The average molecular weight is 324 g/mol. The highest BCUT2D eigenvalue weighted by Gasteiger charge is 2.04. The molecular formula is C13H14BrN3O2. The molecular weight excluding hydrogens is 310 g/mol. The van der Waals surface area contributed by atoms with E-state index in [-0.39, 0.29) is 5.56 Å². The Balaban J connectivity index is 1.96. The van der Waals surface area contributed by atoms with Crippen LogP contribution in [-0.2, 0) is 6.42 Å². The Labute approximate surface area is 119 Å². The molecule has 0 amide bonds. The number of hydrogen-bond donors (Lipinski definition) is 2. The number of H-pyrrole nitrogens is 1. The van der Waals surface area contributed by atoms with Gasteiger partial charge in [-0.15, -0.1) is 0 Å². The average Bonchev–Trinajstić information content (AvgIpc) is 2.44. The number of methoxy groups -OCH3 is 1. The van der Waals surface area contributed by atoms with E-state index in [4.69, 9.17) is 4.74 Å². The van der Waals surface area contributed by atoms with Gasteiger partial charge in [0.2, 0.25) is 0 Å². The summed E-state index contributed by atoms with van der Waals surface area (Å²) in [6.07, 6.45) is 2.19. The molecule has 0 aliphatic rings. The Kier molecular flexibility index (Phi) is 4.57. The van der Waals surface area contributed by atoms with Crippen molar-refractivity contribution < 1.29 is 4.74 Å². The highest BCUT2D eigenvalue weighted by atomic mass is 79.9. The summed E-state index contributed by atoms with van der Waals surface area (Å²) in [4.78, 5) is 17.9. The number of nitrogens with one attached hydrogen (secondary N) is 2. The Morgan fingerprint density at radius 1 is 1.47 bits per heavy atom. The van der Waals surface area contributed by atoms with Crippen LogP contribution < -0.4 is 15.6 Å². The maximum Gasteiger partial charge on any atom is 0.267 e. The Bertz CT molecular complexity index is 613. The minimum Gasteiger partial charge on any atom is -0.497 e. The number of aromatic nitrogens is 2. The number of ether oxygens (including phenoxy) is 1. The van der Waals surface area contributed by atoms with Crippen molar-refractivity contribution in [2.45, 2.75) is 6.42 Å². The van der Waals surface area contributed by atoms with Gasteiger partial charge in [-0.1, -0.05) is 12.1 Å². The predicted octanol–water partition coefficient (Wildman–Crippen LogP) is 2.20. The molecule has 0 bridgehead atoms. The summed E-state index contributed by atoms with van der Waals surface area (Å²) in [6.45, 7) is 0.683. The van der Waals surface area contributed by atoms with E-state index in [0.717, 1.165) is 17.7 Å². The molecule has 0 aliphatic heterocycles. The van der Waals surface area contributed by atoms with E-state index in [1.54, 1.807) is 7.11 Å². The van der Waals surface area contributed by atoms with Gasteiger partial charge in [0.1, 0.15) is 16.0 Å². The number of hydrogen-bond acceptors (Lipinski definition) is 4. The van der Waals surface area contributed by atoms with Crippen molar-refractivity contribution in [2.75, 3.05) is 19.0 Å². The number of halogens is 1. The molecule has 0 fully saturated rings. The highest BCUT2D eigenvalue weighted by Crippen LogP contribution is 2.15. The minimum absolute atomic E-state index is 0.195. The van der Waals surface area contributed by atoms with Crippen LogP contribution in [0.15, 0.2) is 39.9 Å². The zero-order valence-corrected chi connectivity index (χ0v) is 12.0. The summed E-state index contributed by atoms with van der Waals surface area (Å²) in [5.74, 6) is 1.39. The van der Waals surface area contributed by atoms with Crippen molar-refractivity contribution in [3.8, 4) is 5.75 Å². The van der Waals surface area contributed by atoms with Crippen LogP contribution in [0.4, 0.5) is 5.82 Å². The first-order chi connectivity index (χ1) is 9.20. The van der Waals surface area contributed by atoms with E-state index in [9.17, 15) is 4.79 Å². The van der Waals surface area contributed by atoms with Crippen LogP contribution in [0, 0.1) is 0 Å². The molecule has 1 heterocycles. The molecule has 0 spiro atoms. The van der Waals surface area contributed by atoms with Crippen LogP contribution in [0.1, 0.15) is 5.56 Å². The van der Waals surface area contributed by atoms with Gasteiger partial charge in [0.15, 0.2) is 0 Å². The van der Waals surface area contributed by atoms with Crippen molar-refractivity contribution in [1.29, 1.82) is 0 Å². The predicted molar refractivity (Wildman–Crippen MR) is 77.7 cm³/mol. The Morgan fingerprint density at radius 2 is 2.32 bits per heavy atom. The molecule has 1 aromatic heterocycles. The van der Waals surface area contributed by atoms with Crippen LogP contribution in [0.2, 0.25) is 0 Å². The molecule has 2 N–H and O–H groups in total. The monoisotopic (exact) mass is 323 g/mol. The molecule has 0 radical (unpaired) electrons. The van der Waals surface area contributed by atoms with E-state index >= 15 is 0 Å². The van der Waals surface area contributed by atoms with Crippen LogP contribution in [-0.4, -0.2) is 23.6 Å². The lowest BCUT2D eigenvalue weighted by atomic mass is 10.1.